The van der Waals surface area contributed by atoms with Crippen molar-refractivity contribution in [1.82, 2.24) is 4.31 Å². The van der Waals surface area contributed by atoms with Gasteiger partial charge in [-0.15, -0.1) is 0 Å². The summed E-state index contributed by atoms with van der Waals surface area (Å²) in [5.41, 5.74) is 1.14. The van der Waals surface area contributed by atoms with Gasteiger partial charge in [0.05, 0.1) is 4.90 Å². The summed E-state index contributed by atoms with van der Waals surface area (Å²) in [6, 6.07) is 10.4. The molecule has 0 aromatic heterocycles. The summed E-state index contributed by atoms with van der Waals surface area (Å²) in [7, 11) is -2.60. The first-order valence-electron chi connectivity index (χ1n) is 7.90. The number of esters is 1. The van der Waals surface area contributed by atoms with Crippen LogP contribution in [0.15, 0.2) is 47.4 Å². The third kappa shape index (κ3) is 5.53. The number of nitrogens with one attached hydrogen (secondary N) is 1. The standard InChI is InChI=1S/C18H19ClN2O5S/c1-12-10-14(19)4-9-17(12)26-18(23)11-21(3)27(24,25)16-7-5-15(6-8-16)20-13(2)22/h4-10H,11H2,1-3H3,(H,20,22). The molecule has 9 heteroatoms. The molecular weight excluding hydrogens is 392 g/mol. The predicted molar refractivity (Wildman–Crippen MR) is 102 cm³/mol. The maximum Gasteiger partial charge on any atom is 0.326 e. The number of rotatable bonds is 6. The number of benzene rings is 2. The van der Waals surface area contributed by atoms with Crippen molar-refractivity contribution in [3.8, 4) is 5.75 Å². The number of halogens is 1. The van der Waals surface area contributed by atoms with E-state index in [1.54, 1.807) is 25.1 Å². The van der Waals surface area contributed by atoms with Crippen LogP contribution in [0.3, 0.4) is 0 Å². The first-order valence-corrected chi connectivity index (χ1v) is 9.72. The van der Waals surface area contributed by atoms with Gasteiger partial charge in [-0.05, 0) is 55.0 Å². The van der Waals surface area contributed by atoms with Gasteiger partial charge in [-0.25, -0.2) is 8.42 Å². The van der Waals surface area contributed by atoms with Crippen molar-refractivity contribution in [2.24, 2.45) is 0 Å². The summed E-state index contributed by atoms with van der Waals surface area (Å²) < 4.78 is 31.3. The van der Waals surface area contributed by atoms with Crippen molar-refractivity contribution in [3.05, 3.63) is 53.1 Å². The molecule has 0 aliphatic heterocycles. The van der Waals surface area contributed by atoms with Crippen LogP contribution in [0.25, 0.3) is 0 Å². The molecule has 1 N–H and O–H groups in total. The topological polar surface area (TPSA) is 92.8 Å². The zero-order valence-electron chi connectivity index (χ0n) is 15.0. The Morgan fingerprint density at radius 1 is 1.15 bits per heavy atom. The lowest BCUT2D eigenvalue weighted by atomic mass is 10.2. The van der Waals surface area contributed by atoms with Crippen molar-refractivity contribution < 1.29 is 22.7 Å². The van der Waals surface area contributed by atoms with Crippen molar-refractivity contribution in [3.63, 3.8) is 0 Å². The van der Waals surface area contributed by atoms with Gasteiger partial charge in [-0.3, -0.25) is 9.59 Å². The molecule has 0 atom stereocenters. The Morgan fingerprint density at radius 3 is 2.33 bits per heavy atom. The van der Waals surface area contributed by atoms with Crippen LogP contribution < -0.4 is 10.1 Å². The summed E-state index contributed by atoms with van der Waals surface area (Å²) in [5.74, 6) is -0.667. The van der Waals surface area contributed by atoms with Gasteiger partial charge in [0.25, 0.3) is 0 Å². The van der Waals surface area contributed by atoms with Crippen LogP contribution >= 0.6 is 11.6 Å². The summed E-state index contributed by atoms with van der Waals surface area (Å²) in [6.45, 7) is 2.62. The van der Waals surface area contributed by atoms with Gasteiger partial charge in [-0.1, -0.05) is 11.6 Å². The van der Waals surface area contributed by atoms with Gasteiger partial charge in [-0.2, -0.15) is 4.31 Å². The quantitative estimate of drug-likeness (QED) is 0.583. The Labute approximate surface area is 162 Å². The number of carbonyl (C=O) groups excluding carboxylic acids is 2. The molecule has 0 aliphatic carbocycles. The number of nitrogens with zero attached hydrogens (tertiary/aromatic N) is 1. The highest BCUT2D eigenvalue weighted by atomic mass is 35.5. The normalized spacial score (nSPS) is 11.3. The summed E-state index contributed by atoms with van der Waals surface area (Å²) in [4.78, 5) is 23.1. The maximum atomic E-state index is 12.6. The Balaban J connectivity index is 2.07. The highest BCUT2D eigenvalue weighted by Gasteiger charge is 2.24. The van der Waals surface area contributed by atoms with Gasteiger partial charge >= 0.3 is 5.97 Å². The van der Waals surface area contributed by atoms with Crippen LogP contribution in [0.5, 0.6) is 5.75 Å². The molecule has 0 fully saturated rings. The number of sulfonamides is 1. The molecule has 0 saturated heterocycles. The molecule has 0 saturated carbocycles. The maximum absolute atomic E-state index is 12.6. The number of carbonyl (C=O) groups is 2. The van der Waals surface area contributed by atoms with E-state index in [1.807, 2.05) is 0 Å². The van der Waals surface area contributed by atoms with Crippen molar-refractivity contribution >= 4 is 39.2 Å². The highest BCUT2D eigenvalue weighted by molar-refractivity contribution is 7.89. The predicted octanol–water partition coefficient (Wildman–Crippen LogP) is 2.83. The molecule has 7 nitrogen and oxygen atoms in total. The van der Waals surface area contributed by atoms with Crippen molar-refractivity contribution in [2.45, 2.75) is 18.7 Å². The van der Waals surface area contributed by atoms with E-state index in [0.29, 0.717) is 22.0 Å². The van der Waals surface area contributed by atoms with E-state index >= 15 is 0 Å². The van der Waals surface area contributed by atoms with Gasteiger partial charge in [0.2, 0.25) is 15.9 Å². The minimum atomic E-state index is -3.89. The van der Waals surface area contributed by atoms with E-state index in [9.17, 15) is 18.0 Å². The van der Waals surface area contributed by atoms with E-state index in [-0.39, 0.29) is 10.8 Å². The number of anilines is 1. The molecule has 0 heterocycles. The molecule has 0 unspecified atom stereocenters. The molecule has 2 rings (SSSR count). The van der Waals surface area contributed by atoms with Gasteiger partial charge < -0.3 is 10.1 Å². The van der Waals surface area contributed by atoms with Crippen molar-refractivity contribution in [2.75, 3.05) is 18.9 Å². The van der Waals surface area contributed by atoms with Gasteiger partial charge in [0.15, 0.2) is 0 Å². The average Bonchev–Trinajstić information content (AvgIpc) is 2.57. The number of hydrogen-bond donors (Lipinski definition) is 1. The largest absolute Gasteiger partial charge is 0.425 e. The molecule has 144 valence electrons. The lowest BCUT2D eigenvalue weighted by Crippen LogP contribution is -2.34. The van der Waals surface area contributed by atoms with E-state index in [4.69, 9.17) is 16.3 Å². The zero-order chi connectivity index (χ0) is 20.2. The van der Waals surface area contributed by atoms with E-state index < -0.39 is 22.5 Å². The fourth-order valence-corrected chi connectivity index (χ4v) is 3.58. The summed E-state index contributed by atoms with van der Waals surface area (Å²) >= 11 is 5.85. The van der Waals surface area contributed by atoms with Crippen LogP contribution in [0.2, 0.25) is 5.02 Å². The third-order valence-corrected chi connectivity index (χ3v) is 5.65. The summed E-state index contributed by atoms with van der Waals surface area (Å²) in [5, 5.41) is 3.06. The number of aryl methyl sites for hydroxylation is 1. The highest BCUT2D eigenvalue weighted by Crippen LogP contribution is 2.22. The Hall–Kier alpha value is -2.42. The van der Waals surface area contributed by atoms with E-state index in [0.717, 1.165) is 4.31 Å². The lowest BCUT2D eigenvalue weighted by molar-refractivity contribution is -0.134. The molecule has 0 aliphatic rings. The van der Waals surface area contributed by atoms with Crippen LogP contribution in [0.4, 0.5) is 5.69 Å². The minimum Gasteiger partial charge on any atom is -0.425 e. The number of amides is 1. The first kappa shape index (κ1) is 20.9. The molecule has 0 bridgehead atoms. The Bertz CT molecular complexity index is 958. The Morgan fingerprint density at radius 2 is 1.78 bits per heavy atom. The SMILES string of the molecule is CC(=O)Nc1ccc(S(=O)(=O)N(C)CC(=O)Oc2ccc(Cl)cc2C)cc1. The van der Waals surface area contributed by atoms with Gasteiger partial charge in [0, 0.05) is 24.7 Å². The minimum absolute atomic E-state index is 0.00502. The smallest absolute Gasteiger partial charge is 0.326 e. The number of likely N-dealkylation sites (N-methyl/N-ethyl adjacent to an activating group) is 1. The lowest BCUT2D eigenvalue weighted by Gasteiger charge is -2.17. The van der Waals surface area contributed by atoms with Crippen molar-refractivity contribution in [1.29, 1.82) is 0 Å². The second-order valence-corrected chi connectivity index (χ2v) is 8.33. The second kappa shape index (κ2) is 8.51. The van der Waals surface area contributed by atoms with E-state index in [1.165, 1.54) is 38.2 Å². The fourth-order valence-electron chi connectivity index (χ4n) is 2.24. The average molecular weight is 411 g/mol. The van der Waals surface area contributed by atoms with Crippen LogP contribution in [-0.2, 0) is 19.6 Å². The van der Waals surface area contributed by atoms with Crippen LogP contribution in [0.1, 0.15) is 12.5 Å². The summed E-state index contributed by atoms with van der Waals surface area (Å²) in [6.07, 6.45) is 0. The molecule has 0 radical (unpaired) electrons. The van der Waals surface area contributed by atoms with E-state index in [2.05, 4.69) is 5.32 Å². The number of ether oxygens (including phenoxy) is 1. The number of hydrogen-bond acceptors (Lipinski definition) is 5. The monoisotopic (exact) mass is 410 g/mol. The molecule has 0 spiro atoms. The third-order valence-electron chi connectivity index (χ3n) is 3.60. The zero-order valence-corrected chi connectivity index (χ0v) is 16.6. The fraction of sp³-hybridized carbons (Fsp3) is 0.222. The Kier molecular flexibility index (Phi) is 6.59. The molecular formula is C18H19ClN2O5S. The van der Waals surface area contributed by atoms with Crippen LogP contribution in [0, 0.1) is 6.92 Å². The first-order chi connectivity index (χ1) is 12.6. The van der Waals surface area contributed by atoms with Gasteiger partial charge in [0.1, 0.15) is 12.3 Å². The molecule has 27 heavy (non-hydrogen) atoms. The molecule has 1 amide bonds. The molecule has 2 aromatic carbocycles. The second-order valence-electron chi connectivity index (χ2n) is 5.85. The van der Waals surface area contributed by atoms with Crippen LogP contribution in [-0.4, -0.2) is 38.2 Å². The molecule has 2 aromatic rings.